The van der Waals surface area contributed by atoms with Gasteiger partial charge in [0, 0.05) is 29.7 Å². The van der Waals surface area contributed by atoms with E-state index in [2.05, 4.69) is 22.6 Å². The predicted octanol–water partition coefficient (Wildman–Crippen LogP) is 2.40. The molecule has 13 heavy (non-hydrogen) atoms. The summed E-state index contributed by atoms with van der Waals surface area (Å²) >= 11 is 2.45. The maximum atomic E-state index is 5.79. The van der Waals surface area contributed by atoms with Crippen LogP contribution < -0.4 is 0 Å². The zero-order valence-corrected chi connectivity index (χ0v) is 10.1. The molecule has 0 radical (unpaired) electrons. The van der Waals surface area contributed by atoms with Crippen molar-refractivity contribution in [2.45, 2.75) is 31.8 Å². The van der Waals surface area contributed by atoms with Gasteiger partial charge in [0.05, 0.1) is 6.10 Å². The first kappa shape index (κ1) is 10.2. The molecule has 2 nitrogen and oxygen atoms in total. The average molecular weight is 296 g/mol. The molecule has 2 saturated heterocycles. The quantitative estimate of drug-likeness (QED) is 0.546. The van der Waals surface area contributed by atoms with Crippen molar-refractivity contribution in [2.24, 2.45) is 5.41 Å². The summed E-state index contributed by atoms with van der Waals surface area (Å²) in [6.07, 6.45) is 5.48. The first-order valence-electron chi connectivity index (χ1n) is 5.13. The highest BCUT2D eigenvalue weighted by molar-refractivity contribution is 14.1. The van der Waals surface area contributed by atoms with Crippen LogP contribution >= 0.6 is 22.6 Å². The van der Waals surface area contributed by atoms with E-state index in [4.69, 9.17) is 9.47 Å². The Kier molecular flexibility index (Phi) is 3.48. The largest absolute Gasteiger partial charge is 0.381 e. The molecule has 2 rings (SSSR count). The summed E-state index contributed by atoms with van der Waals surface area (Å²) in [5.74, 6) is 0. The first-order valence-corrected chi connectivity index (χ1v) is 6.65. The Balaban J connectivity index is 2.06. The maximum absolute atomic E-state index is 5.79. The van der Waals surface area contributed by atoms with Gasteiger partial charge in [0.2, 0.25) is 0 Å². The van der Waals surface area contributed by atoms with Gasteiger partial charge in [0.15, 0.2) is 0 Å². The topological polar surface area (TPSA) is 18.5 Å². The van der Waals surface area contributed by atoms with Crippen LogP contribution in [0.15, 0.2) is 0 Å². The lowest BCUT2D eigenvalue weighted by Crippen LogP contribution is -2.32. The molecule has 2 aliphatic rings. The Morgan fingerprint density at radius 3 is 2.85 bits per heavy atom. The zero-order chi connectivity index (χ0) is 9.15. The molecule has 2 fully saturated rings. The van der Waals surface area contributed by atoms with E-state index in [0.29, 0.717) is 11.5 Å². The van der Waals surface area contributed by atoms with Crippen molar-refractivity contribution in [2.75, 3.05) is 24.2 Å². The third kappa shape index (κ3) is 2.02. The second-order valence-electron chi connectivity index (χ2n) is 4.09. The van der Waals surface area contributed by atoms with Gasteiger partial charge in [-0.15, -0.1) is 0 Å². The minimum Gasteiger partial charge on any atom is -0.381 e. The Morgan fingerprint density at radius 1 is 1.15 bits per heavy atom. The van der Waals surface area contributed by atoms with Gasteiger partial charge in [0.25, 0.3) is 0 Å². The number of ether oxygens (including phenoxy) is 2. The molecule has 2 atom stereocenters. The van der Waals surface area contributed by atoms with Crippen molar-refractivity contribution in [3.8, 4) is 0 Å². The summed E-state index contributed by atoms with van der Waals surface area (Å²) < 4.78 is 12.4. The Morgan fingerprint density at radius 2 is 2.00 bits per heavy atom. The van der Waals surface area contributed by atoms with Crippen molar-refractivity contribution in [1.29, 1.82) is 0 Å². The van der Waals surface area contributed by atoms with Gasteiger partial charge in [-0.1, -0.05) is 22.6 Å². The molecule has 3 heteroatoms. The number of hydrogen-bond donors (Lipinski definition) is 0. The van der Waals surface area contributed by atoms with Crippen LogP contribution in [0.2, 0.25) is 0 Å². The number of hydrogen-bond acceptors (Lipinski definition) is 2. The molecular weight excluding hydrogens is 279 g/mol. The second kappa shape index (κ2) is 4.45. The number of alkyl halides is 1. The van der Waals surface area contributed by atoms with Gasteiger partial charge >= 0.3 is 0 Å². The van der Waals surface area contributed by atoms with Crippen LogP contribution in [0.1, 0.15) is 25.7 Å². The smallest absolute Gasteiger partial charge is 0.0722 e. The van der Waals surface area contributed by atoms with Crippen molar-refractivity contribution >= 4 is 22.6 Å². The molecule has 76 valence electrons. The van der Waals surface area contributed by atoms with Gasteiger partial charge in [-0.05, 0) is 25.7 Å². The van der Waals surface area contributed by atoms with Gasteiger partial charge in [-0.3, -0.25) is 0 Å². The van der Waals surface area contributed by atoms with E-state index >= 15 is 0 Å². The fourth-order valence-corrected chi connectivity index (χ4v) is 3.74. The van der Waals surface area contributed by atoms with Crippen LogP contribution in [-0.4, -0.2) is 30.4 Å². The van der Waals surface area contributed by atoms with Crippen molar-refractivity contribution in [3.63, 3.8) is 0 Å². The van der Waals surface area contributed by atoms with Gasteiger partial charge in [-0.2, -0.15) is 0 Å². The summed E-state index contributed by atoms with van der Waals surface area (Å²) in [7, 11) is 0. The standard InChI is InChI=1S/C10H17IO2/c11-8-9-10(4-7-13-9)2-1-5-12-6-3-10/h9H,1-8H2. The van der Waals surface area contributed by atoms with E-state index in [1.165, 1.54) is 25.7 Å². The third-order valence-corrected chi connectivity index (χ3v) is 4.25. The Labute approximate surface area is 93.5 Å². The molecule has 2 unspecified atom stereocenters. The molecule has 0 amide bonds. The minimum absolute atomic E-state index is 0.470. The summed E-state index contributed by atoms with van der Waals surface area (Å²) in [5, 5.41) is 0. The van der Waals surface area contributed by atoms with Gasteiger partial charge in [-0.25, -0.2) is 0 Å². The molecule has 0 aromatic rings. The Hall–Kier alpha value is 0.650. The molecule has 0 aromatic heterocycles. The lowest BCUT2D eigenvalue weighted by atomic mass is 9.75. The van der Waals surface area contributed by atoms with Crippen LogP contribution in [0.25, 0.3) is 0 Å². The Bertz CT molecular complexity index is 164. The summed E-state index contributed by atoms with van der Waals surface area (Å²) in [6.45, 7) is 2.86. The van der Waals surface area contributed by atoms with Crippen molar-refractivity contribution in [3.05, 3.63) is 0 Å². The van der Waals surface area contributed by atoms with Crippen LogP contribution in [0.3, 0.4) is 0 Å². The molecule has 0 saturated carbocycles. The van der Waals surface area contributed by atoms with E-state index in [9.17, 15) is 0 Å². The highest BCUT2D eigenvalue weighted by Crippen LogP contribution is 2.44. The fourth-order valence-electron chi connectivity index (χ4n) is 2.55. The van der Waals surface area contributed by atoms with Crippen LogP contribution in [0.4, 0.5) is 0 Å². The molecule has 0 N–H and O–H groups in total. The lowest BCUT2D eigenvalue weighted by Gasteiger charge is -2.31. The normalized spacial score (nSPS) is 40.8. The molecule has 0 aromatic carbocycles. The molecule has 1 spiro atoms. The summed E-state index contributed by atoms with van der Waals surface area (Å²) in [6, 6.07) is 0. The molecule has 0 aliphatic carbocycles. The van der Waals surface area contributed by atoms with E-state index in [1.807, 2.05) is 0 Å². The summed E-state index contributed by atoms with van der Waals surface area (Å²) in [5.41, 5.74) is 0.470. The van der Waals surface area contributed by atoms with Crippen LogP contribution in [-0.2, 0) is 9.47 Å². The zero-order valence-electron chi connectivity index (χ0n) is 7.93. The molecule has 2 heterocycles. The predicted molar refractivity (Wildman–Crippen MR) is 60.3 cm³/mol. The lowest BCUT2D eigenvalue weighted by molar-refractivity contribution is 0.0553. The van der Waals surface area contributed by atoms with Crippen LogP contribution in [0.5, 0.6) is 0 Å². The maximum Gasteiger partial charge on any atom is 0.0722 e. The van der Waals surface area contributed by atoms with E-state index in [0.717, 1.165) is 24.2 Å². The van der Waals surface area contributed by atoms with E-state index in [-0.39, 0.29) is 0 Å². The van der Waals surface area contributed by atoms with Gasteiger partial charge < -0.3 is 9.47 Å². The van der Waals surface area contributed by atoms with E-state index in [1.54, 1.807) is 0 Å². The first-order chi connectivity index (χ1) is 6.37. The summed E-state index contributed by atoms with van der Waals surface area (Å²) in [4.78, 5) is 0. The fraction of sp³-hybridized carbons (Fsp3) is 1.00. The SMILES string of the molecule is ICC1OCCC12CCCOCC2. The minimum atomic E-state index is 0.470. The van der Waals surface area contributed by atoms with Gasteiger partial charge in [0.1, 0.15) is 0 Å². The van der Waals surface area contributed by atoms with Crippen LogP contribution in [0, 0.1) is 5.41 Å². The monoisotopic (exact) mass is 296 g/mol. The van der Waals surface area contributed by atoms with Crippen molar-refractivity contribution < 1.29 is 9.47 Å². The highest BCUT2D eigenvalue weighted by atomic mass is 127. The highest BCUT2D eigenvalue weighted by Gasteiger charge is 2.43. The molecule has 0 bridgehead atoms. The van der Waals surface area contributed by atoms with Crippen molar-refractivity contribution in [1.82, 2.24) is 0 Å². The second-order valence-corrected chi connectivity index (χ2v) is 4.97. The number of halogens is 1. The number of rotatable bonds is 1. The third-order valence-electron chi connectivity index (χ3n) is 3.45. The molecular formula is C10H17IO2. The molecule has 2 aliphatic heterocycles. The average Bonchev–Trinajstić information content (AvgIpc) is 2.37. The van der Waals surface area contributed by atoms with E-state index < -0.39 is 0 Å².